The van der Waals surface area contributed by atoms with E-state index in [9.17, 15) is 19.8 Å². The van der Waals surface area contributed by atoms with E-state index in [1.807, 2.05) is 55.6 Å². The fourth-order valence-electron chi connectivity index (χ4n) is 6.95. The van der Waals surface area contributed by atoms with Gasteiger partial charge in [0, 0.05) is 50.9 Å². The van der Waals surface area contributed by atoms with Crippen LogP contribution in [0.1, 0.15) is 121 Å². The smallest absolute Gasteiger partial charge is 0.161 e. The summed E-state index contributed by atoms with van der Waals surface area (Å²) in [6.45, 7) is 19.8. The number of carbonyl (C=O) groups excluding carboxylic acids is 2. The number of hydrogen-bond acceptors (Lipinski definition) is 11. The Hall–Kier alpha value is -1.02. The number of aliphatic hydroxyl groups excluding tert-OH is 3. The molecule has 3 N–H and O–H groups in total. The first-order chi connectivity index (χ1) is 22.8. The molecule has 0 amide bonds. The predicted octanol–water partition coefficient (Wildman–Crippen LogP) is 5.60. The molecular formula is C38H75NO10. The molecule has 292 valence electrons. The van der Waals surface area contributed by atoms with Gasteiger partial charge < -0.3 is 48.7 Å². The van der Waals surface area contributed by atoms with E-state index in [0.29, 0.717) is 30.6 Å². The highest BCUT2D eigenvalue weighted by atomic mass is 16.7. The molecule has 2 heterocycles. The highest BCUT2D eigenvalue weighted by molar-refractivity contribution is 5.82. The van der Waals surface area contributed by atoms with Crippen LogP contribution < -0.4 is 0 Å². The number of nitrogens with zero attached hydrogens (tertiary/aromatic N) is 1. The molecule has 49 heavy (non-hydrogen) atoms. The van der Waals surface area contributed by atoms with Crippen molar-refractivity contribution in [2.75, 3.05) is 28.3 Å². The van der Waals surface area contributed by atoms with E-state index in [1.54, 1.807) is 14.0 Å². The number of methoxy groups -OCH3 is 2. The molecule has 11 heteroatoms. The lowest BCUT2D eigenvalue weighted by atomic mass is 9.81. The Morgan fingerprint density at radius 2 is 1.61 bits per heavy atom. The minimum absolute atomic E-state index is 0.0352. The van der Waals surface area contributed by atoms with Crippen molar-refractivity contribution in [1.29, 1.82) is 0 Å². The second kappa shape index (κ2) is 24.3. The van der Waals surface area contributed by atoms with Gasteiger partial charge in [-0.1, -0.05) is 54.9 Å². The van der Waals surface area contributed by atoms with Gasteiger partial charge in [0.15, 0.2) is 18.9 Å². The van der Waals surface area contributed by atoms with Gasteiger partial charge in [-0.15, -0.1) is 0 Å². The first-order valence-corrected chi connectivity index (χ1v) is 18.5. The number of ether oxygens (including phenoxy) is 5. The number of aliphatic hydroxyl groups is 3. The van der Waals surface area contributed by atoms with Crippen molar-refractivity contribution in [2.45, 2.75) is 176 Å². The molecule has 0 saturated carbocycles. The van der Waals surface area contributed by atoms with Gasteiger partial charge in [-0.25, -0.2) is 0 Å². The average Bonchev–Trinajstić information content (AvgIpc) is 3.04. The molecule has 2 fully saturated rings. The molecule has 14 atom stereocenters. The standard InChI is InChI=1S/C26H48O6.C8H17NO2.C4H10O2/c1-10-11-17(3)23(28)18(4)12-16(2)13-19(5)24(20(6)15-27)32-22-14-26(8,30-9)25(29)21(7)31-22;1-6-4-7(9(2)3)5-8(10)11-6;1-3-4(5)6-2/h15-22,24-25,29H,10-14H2,1-9H3;6-8,10H,4-5H2,1-3H3;4-5H,3H2,1-2H3/t16?,17-,18-,19?,20?,21+,22?,24?,25?,26-;;/m1../s1. The van der Waals surface area contributed by atoms with E-state index in [4.69, 9.17) is 24.1 Å². The zero-order valence-electron chi connectivity index (χ0n) is 33.4. The normalized spacial score (nSPS) is 31.5. The number of hydrogen-bond donors (Lipinski definition) is 3. The van der Waals surface area contributed by atoms with Gasteiger partial charge in [0.1, 0.15) is 18.2 Å². The van der Waals surface area contributed by atoms with Crippen LogP contribution in [0.2, 0.25) is 0 Å². The van der Waals surface area contributed by atoms with Crippen molar-refractivity contribution in [3.8, 4) is 0 Å². The number of carbonyl (C=O) groups is 2. The lowest BCUT2D eigenvalue weighted by molar-refractivity contribution is -0.294. The molecule has 2 rings (SSSR count). The van der Waals surface area contributed by atoms with Crippen LogP contribution >= 0.6 is 0 Å². The van der Waals surface area contributed by atoms with Crippen molar-refractivity contribution in [2.24, 2.45) is 29.6 Å². The van der Waals surface area contributed by atoms with Crippen LogP contribution in [-0.4, -0.2) is 116 Å². The molecule has 0 aromatic heterocycles. The van der Waals surface area contributed by atoms with Crippen LogP contribution in [-0.2, 0) is 33.3 Å². The molecule has 0 aliphatic carbocycles. The Balaban J connectivity index is 0.00000110. The van der Waals surface area contributed by atoms with E-state index in [0.717, 1.165) is 44.8 Å². The van der Waals surface area contributed by atoms with E-state index < -0.39 is 36.7 Å². The molecule has 10 unspecified atom stereocenters. The molecule has 2 aliphatic heterocycles. The first-order valence-electron chi connectivity index (χ1n) is 18.5. The molecule has 0 spiro atoms. The first kappa shape index (κ1) is 48.0. The number of Topliss-reactive ketones (excluding diaryl/α,β-unsaturated/α-hetero) is 1. The molecule has 2 aliphatic rings. The minimum atomic E-state index is -0.765. The zero-order valence-corrected chi connectivity index (χ0v) is 33.4. The Labute approximate surface area is 298 Å². The SMILES string of the molecule is CC1CC(N(C)C)CC(O)O1.CCC(O)OC.CCC[C@@H](C)C(=O)[C@H](C)CC(C)CC(C)C(OC1C[C@@](C)(OC)C(O)[C@H](C)O1)C(C)C=O. The Morgan fingerprint density at radius 3 is 2.06 bits per heavy atom. The monoisotopic (exact) mass is 706 g/mol. The van der Waals surface area contributed by atoms with Gasteiger partial charge in [-0.05, 0) is 78.8 Å². The predicted molar refractivity (Wildman–Crippen MR) is 193 cm³/mol. The van der Waals surface area contributed by atoms with Crippen molar-refractivity contribution in [3.63, 3.8) is 0 Å². The van der Waals surface area contributed by atoms with Gasteiger partial charge in [0.05, 0.1) is 23.9 Å². The van der Waals surface area contributed by atoms with Crippen molar-refractivity contribution in [3.05, 3.63) is 0 Å². The van der Waals surface area contributed by atoms with E-state index in [1.165, 1.54) is 7.11 Å². The van der Waals surface area contributed by atoms with E-state index in [-0.39, 0.29) is 35.9 Å². The molecule has 0 aromatic rings. The average molecular weight is 706 g/mol. The van der Waals surface area contributed by atoms with E-state index in [2.05, 4.69) is 30.4 Å². The summed E-state index contributed by atoms with van der Waals surface area (Å²) in [5, 5.41) is 28.1. The summed E-state index contributed by atoms with van der Waals surface area (Å²) in [5.41, 5.74) is -0.765. The fourth-order valence-corrected chi connectivity index (χ4v) is 6.95. The zero-order chi connectivity index (χ0) is 38.1. The second-order valence-corrected chi connectivity index (χ2v) is 15.2. The highest BCUT2D eigenvalue weighted by Gasteiger charge is 2.46. The van der Waals surface area contributed by atoms with Crippen LogP contribution in [0.15, 0.2) is 0 Å². The third-order valence-corrected chi connectivity index (χ3v) is 10.1. The third kappa shape index (κ3) is 17.4. The number of rotatable bonds is 17. The summed E-state index contributed by atoms with van der Waals surface area (Å²) in [6.07, 6.45) is 4.40. The summed E-state index contributed by atoms with van der Waals surface area (Å²) in [7, 11) is 7.14. The minimum Gasteiger partial charge on any atom is -0.387 e. The summed E-state index contributed by atoms with van der Waals surface area (Å²) >= 11 is 0. The summed E-state index contributed by atoms with van der Waals surface area (Å²) in [5.74, 6) is 0.651. The Morgan fingerprint density at radius 1 is 1.00 bits per heavy atom. The van der Waals surface area contributed by atoms with Gasteiger partial charge in [-0.3, -0.25) is 4.79 Å². The summed E-state index contributed by atoms with van der Waals surface area (Å²) in [6, 6.07) is 0.466. The van der Waals surface area contributed by atoms with Crippen molar-refractivity contribution >= 4 is 12.1 Å². The molecule has 0 radical (unpaired) electrons. The van der Waals surface area contributed by atoms with E-state index >= 15 is 0 Å². The molecule has 11 nitrogen and oxygen atoms in total. The van der Waals surface area contributed by atoms with Crippen LogP contribution in [0.25, 0.3) is 0 Å². The largest absolute Gasteiger partial charge is 0.387 e. The quantitative estimate of drug-likeness (QED) is 0.129. The second-order valence-electron chi connectivity index (χ2n) is 15.2. The van der Waals surface area contributed by atoms with Gasteiger partial charge in [0.2, 0.25) is 0 Å². The lowest BCUT2D eigenvalue weighted by Gasteiger charge is -2.45. The Kier molecular flexibility index (Phi) is 23.8. The maximum Gasteiger partial charge on any atom is 0.161 e. The highest BCUT2D eigenvalue weighted by Crippen LogP contribution is 2.35. The Bertz CT molecular complexity index is 879. The number of aldehydes is 1. The topological polar surface area (TPSA) is 144 Å². The molecule has 0 bridgehead atoms. The molecule has 2 saturated heterocycles. The maximum atomic E-state index is 12.6. The van der Waals surface area contributed by atoms with Crippen LogP contribution in [0.4, 0.5) is 0 Å². The maximum absolute atomic E-state index is 12.6. The van der Waals surface area contributed by atoms with Crippen LogP contribution in [0.5, 0.6) is 0 Å². The summed E-state index contributed by atoms with van der Waals surface area (Å²) < 4.78 is 27.5. The van der Waals surface area contributed by atoms with Crippen molar-refractivity contribution < 1.29 is 48.6 Å². The van der Waals surface area contributed by atoms with Gasteiger partial charge in [-0.2, -0.15) is 0 Å². The lowest BCUT2D eigenvalue weighted by Crippen LogP contribution is -2.57. The summed E-state index contributed by atoms with van der Waals surface area (Å²) in [4.78, 5) is 26.4. The van der Waals surface area contributed by atoms with Crippen LogP contribution in [0.3, 0.4) is 0 Å². The third-order valence-electron chi connectivity index (χ3n) is 10.1. The van der Waals surface area contributed by atoms with Crippen molar-refractivity contribution in [1.82, 2.24) is 4.90 Å². The van der Waals surface area contributed by atoms with Crippen LogP contribution in [0, 0.1) is 29.6 Å². The number of ketones is 1. The van der Waals surface area contributed by atoms with Gasteiger partial charge >= 0.3 is 0 Å². The molecular weight excluding hydrogens is 630 g/mol. The fraction of sp³-hybridized carbons (Fsp3) is 0.947. The van der Waals surface area contributed by atoms with Gasteiger partial charge in [0.25, 0.3) is 0 Å². The molecule has 0 aromatic carbocycles.